The van der Waals surface area contributed by atoms with Gasteiger partial charge in [0.15, 0.2) is 0 Å². The third-order valence-electron chi connectivity index (χ3n) is 2.60. The predicted molar refractivity (Wildman–Crippen MR) is 40.4 cm³/mol. The molecule has 12 heavy (non-hydrogen) atoms. The lowest BCUT2D eigenvalue weighted by molar-refractivity contribution is 0.142. The quantitative estimate of drug-likeness (QED) is 0.343. The van der Waals surface area contributed by atoms with Crippen LogP contribution in [0.4, 0.5) is 4.79 Å². The minimum atomic E-state index is -0.912. The molecule has 1 saturated heterocycles. The van der Waals surface area contributed by atoms with E-state index in [1.54, 1.807) is 0 Å². The van der Waals surface area contributed by atoms with Crippen LogP contribution in [0.25, 0.3) is 0 Å². The van der Waals surface area contributed by atoms with Crippen LogP contribution in [0.2, 0.25) is 0 Å². The number of oxime groups is 1. The molecule has 1 saturated carbocycles. The minimum Gasteiger partial charge on any atom is -0.465 e. The largest absolute Gasteiger partial charge is 0.465 e. The average molecular weight is 170 g/mol. The summed E-state index contributed by atoms with van der Waals surface area (Å²) in [5.74, 6) is 0.504. The number of piperidine rings is 1. The van der Waals surface area contributed by atoms with Crippen molar-refractivity contribution in [2.24, 2.45) is 11.1 Å². The Balaban J connectivity index is 2.10. The van der Waals surface area contributed by atoms with Gasteiger partial charge in [-0.3, -0.25) is 4.90 Å². The van der Waals surface area contributed by atoms with Gasteiger partial charge in [0.2, 0.25) is 0 Å². The van der Waals surface area contributed by atoms with Gasteiger partial charge in [-0.2, -0.15) is 0 Å². The van der Waals surface area contributed by atoms with E-state index in [1.807, 2.05) is 0 Å². The van der Waals surface area contributed by atoms with Crippen LogP contribution in [0.15, 0.2) is 5.16 Å². The second-order valence-corrected chi connectivity index (χ2v) is 3.32. The predicted octanol–water partition coefficient (Wildman–Crippen LogP) is 0.587. The first-order valence-corrected chi connectivity index (χ1v) is 3.93. The Morgan fingerprint density at radius 1 is 1.58 bits per heavy atom. The lowest BCUT2D eigenvalue weighted by atomic mass is 10.2. The molecule has 0 bridgehead atoms. The van der Waals surface area contributed by atoms with E-state index in [1.165, 1.54) is 11.1 Å². The van der Waals surface area contributed by atoms with Crippen LogP contribution < -0.4 is 0 Å². The Bertz CT molecular complexity index is 241. The molecule has 2 aliphatic rings. The molecular formula is C7H10N2O3. The first kappa shape index (κ1) is 7.39. The summed E-state index contributed by atoms with van der Waals surface area (Å²) in [7, 11) is 0. The van der Waals surface area contributed by atoms with Gasteiger partial charge in [0.1, 0.15) is 0 Å². The molecule has 5 heteroatoms. The molecule has 5 nitrogen and oxygen atoms in total. The van der Waals surface area contributed by atoms with Gasteiger partial charge in [-0.05, 0) is 18.8 Å². The second-order valence-electron chi connectivity index (χ2n) is 3.32. The molecule has 0 aromatic heterocycles. The maximum atomic E-state index is 10.7. The second kappa shape index (κ2) is 2.36. The molecule has 1 aliphatic carbocycles. The Hall–Kier alpha value is -1.26. The van der Waals surface area contributed by atoms with Crippen molar-refractivity contribution in [3.8, 4) is 0 Å². The smallest absolute Gasteiger partial charge is 0.408 e. The number of fused-ring (bicyclic) bond motifs is 1. The van der Waals surface area contributed by atoms with E-state index in [9.17, 15) is 4.79 Å². The molecule has 1 amide bonds. The SMILES string of the molecule is O=C(O)N1[C@@H]2C[C@@H]2C[C@@H]1/C=N\O. The Morgan fingerprint density at radius 2 is 2.33 bits per heavy atom. The standard InChI is InChI=1S/C7H10N2O3/c10-7(11)9-5(3-8-12)1-4-2-6(4)9/h3-6,12H,1-2H2,(H,10,11)/b8-3-/t4-,5+,6+/m0/s1. The van der Waals surface area contributed by atoms with E-state index in [0.29, 0.717) is 5.92 Å². The number of carboxylic acid groups (broad SMARTS) is 1. The summed E-state index contributed by atoms with van der Waals surface area (Å²) in [6.45, 7) is 0. The number of nitrogens with zero attached hydrogens (tertiary/aromatic N) is 2. The molecule has 66 valence electrons. The van der Waals surface area contributed by atoms with Crippen molar-refractivity contribution >= 4 is 12.3 Å². The van der Waals surface area contributed by atoms with E-state index < -0.39 is 6.09 Å². The van der Waals surface area contributed by atoms with Crippen molar-refractivity contribution in [3.63, 3.8) is 0 Å². The fraction of sp³-hybridized carbons (Fsp3) is 0.714. The molecule has 0 aromatic rings. The molecule has 0 radical (unpaired) electrons. The van der Waals surface area contributed by atoms with Crippen LogP contribution in [-0.2, 0) is 0 Å². The number of likely N-dealkylation sites (tertiary alicyclic amines) is 1. The first-order valence-electron chi connectivity index (χ1n) is 3.93. The molecular weight excluding hydrogens is 160 g/mol. The highest BCUT2D eigenvalue weighted by atomic mass is 16.4. The van der Waals surface area contributed by atoms with E-state index >= 15 is 0 Å². The lowest BCUT2D eigenvalue weighted by Crippen LogP contribution is -2.38. The van der Waals surface area contributed by atoms with E-state index in [-0.39, 0.29) is 12.1 Å². The fourth-order valence-corrected chi connectivity index (χ4v) is 1.99. The summed E-state index contributed by atoms with van der Waals surface area (Å²) in [6.07, 6.45) is 2.16. The number of carbonyl (C=O) groups is 1. The highest BCUT2D eigenvalue weighted by Gasteiger charge is 2.53. The van der Waals surface area contributed by atoms with Gasteiger partial charge in [0.05, 0.1) is 12.3 Å². The van der Waals surface area contributed by atoms with Crippen LogP contribution >= 0.6 is 0 Å². The van der Waals surface area contributed by atoms with Crippen molar-refractivity contribution in [1.82, 2.24) is 4.90 Å². The minimum absolute atomic E-state index is 0.186. The summed E-state index contributed by atoms with van der Waals surface area (Å²) < 4.78 is 0. The number of rotatable bonds is 1. The molecule has 1 heterocycles. The average Bonchev–Trinajstić information content (AvgIpc) is 2.62. The van der Waals surface area contributed by atoms with Gasteiger partial charge in [-0.1, -0.05) is 5.16 Å². The summed E-state index contributed by atoms with van der Waals surface area (Å²) in [5.41, 5.74) is 0. The highest BCUT2D eigenvalue weighted by molar-refractivity contribution is 5.76. The van der Waals surface area contributed by atoms with Gasteiger partial charge >= 0.3 is 6.09 Å². The topological polar surface area (TPSA) is 73.1 Å². The zero-order valence-electron chi connectivity index (χ0n) is 6.42. The number of hydrogen-bond donors (Lipinski definition) is 2. The summed E-state index contributed by atoms with van der Waals surface area (Å²) >= 11 is 0. The molecule has 1 aliphatic heterocycles. The zero-order chi connectivity index (χ0) is 8.72. The van der Waals surface area contributed by atoms with Gasteiger partial charge in [-0.25, -0.2) is 4.79 Å². The monoisotopic (exact) mass is 170 g/mol. The summed E-state index contributed by atoms with van der Waals surface area (Å²) in [5, 5.41) is 19.9. The Morgan fingerprint density at radius 3 is 2.92 bits per heavy atom. The Labute approximate surface area is 69.3 Å². The van der Waals surface area contributed by atoms with Crippen LogP contribution in [0.5, 0.6) is 0 Å². The number of amides is 1. The van der Waals surface area contributed by atoms with Crippen LogP contribution in [0.1, 0.15) is 12.8 Å². The lowest BCUT2D eigenvalue weighted by Gasteiger charge is -2.20. The van der Waals surface area contributed by atoms with E-state index in [2.05, 4.69) is 5.16 Å². The van der Waals surface area contributed by atoms with Gasteiger partial charge in [0.25, 0.3) is 0 Å². The zero-order valence-corrected chi connectivity index (χ0v) is 6.42. The maximum absolute atomic E-state index is 10.7. The van der Waals surface area contributed by atoms with Crippen LogP contribution in [0, 0.1) is 5.92 Å². The summed E-state index contributed by atoms with van der Waals surface area (Å²) in [4.78, 5) is 12.1. The molecule has 2 fully saturated rings. The normalized spacial score (nSPS) is 38.7. The molecule has 0 unspecified atom stereocenters. The highest BCUT2D eigenvalue weighted by Crippen LogP contribution is 2.47. The molecule has 0 spiro atoms. The van der Waals surface area contributed by atoms with Gasteiger partial charge in [0, 0.05) is 6.04 Å². The van der Waals surface area contributed by atoms with Crippen molar-refractivity contribution < 1.29 is 15.1 Å². The van der Waals surface area contributed by atoms with E-state index in [0.717, 1.165) is 12.8 Å². The van der Waals surface area contributed by atoms with Crippen molar-refractivity contribution in [3.05, 3.63) is 0 Å². The van der Waals surface area contributed by atoms with Crippen LogP contribution in [-0.4, -0.2) is 39.6 Å². The maximum Gasteiger partial charge on any atom is 0.408 e. The van der Waals surface area contributed by atoms with E-state index in [4.69, 9.17) is 10.3 Å². The van der Waals surface area contributed by atoms with Crippen molar-refractivity contribution in [2.45, 2.75) is 24.9 Å². The van der Waals surface area contributed by atoms with Crippen molar-refractivity contribution in [2.75, 3.05) is 0 Å². The van der Waals surface area contributed by atoms with Crippen molar-refractivity contribution in [1.29, 1.82) is 0 Å². The molecule has 2 rings (SSSR count). The molecule has 0 aromatic carbocycles. The Kier molecular flexibility index (Phi) is 1.46. The molecule has 3 atom stereocenters. The third kappa shape index (κ3) is 0.929. The number of hydrogen-bond acceptors (Lipinski definition) is 3. The van der Waals surface area contributed by atoms with Gasteiger partial charge < -0.3 is 10.3 Å². The first-order chi connectivity index (χ1) is 5.74. The van der Waals surface area contributed by atoms with Gasteiger partial charge in [-0.15, -0.1) is 0 Å². The third-order valence-corrected chi connectivity index (χ3v) is 2.60. The summed E-state index contributed by atoms with van der Waals surface area (Å²) in [6, 6.07) is -0.0262. The van der Waals surface area contributed by atoms with Crippen LogP contribution in [0.3, 0.4) is 0 Å². The fourth-order valence-electron chi connectivity index (χ4n) is 1.99. The molecule has 2 N–H and O–H groups in total.